The van der Waals surface area contributed by atoms with Gasteiger partial charge >= 0.3 is 0 Å². The zero-order valence-corrected chi connectivity index (χ0v) is 18.7. The summed E-state index contributed by atoms with van der Waals surface area (Å²) < 4.78 is 25.0. The number of aromatic nitrogens is 3. The number of methoxy groups -OCH3 is 1. The Hall–Kier alpha value is -3.78. The van der Waals surface area contributed by atoms with E-state index in [0.29, 0.717) is 23.5 Å². The lowest BCUT2D eigenvalue weighted by atomic mass is 10.0. The largest absolute Gasteiger partial charge is 0.493 e. The SMILES string of the molecule is CCOc1cc(C(=O)N(C)[C@H](COC)c2cncc3cn[nH]c23)ccc1-c1cccc(F)c1. The van der Waals surface area contributed by atoms with Crippen molar-refractivity contribution in [3.05, 3.63) is 78.0 Å². The molecular formula is C25H25FN4O3. The van der Waals surface area contributed by atoms with E-state index in [0.717, 1.165) is 22.0 Å². The number of benzene rings is 2. The van der Waals surface area contributed by atoms with Crippen molar-refractivity contribution in [2.75, 3.05) is 27.4 Å². The van der Waals surface area contributed by atoms with Crippen LogP contribution in [-0.4, -0.2) is 53.4 Å². The third-order valence-corrected chi connectivity index (χ3v) is 5.52. The first-order valence-electron chi connectivity index (χ1n) is 10.6. The molecule has 170 valence electrons. The van der Waals surface area contributed by atoms with Crippen LogP contribution in [0.2, 0.25) is 0 Å². The van der Waals surface area contributed by atoms with Crippen molar-refractivity contribution in [2.24, 2.45) is 0 Å². The lowest BCUT2D eigenvalue weighted by Gasteiger charge is -2.28. The topological polar surface area (TPSA) is 80.3 Å². The van der Waals surface area contributed by atoms with Crippen LogP contribution in [0.1, 0.15) is 28.9 Å². The molecule has 33 heavy (non-hydrogen) atoms. The first-order valence-corrected chi connectivity index (χ1v) is 10.6. The Morgan fingerprint density at radius 3 is 2.79 bits per heavy atom. The number of hydrogen-bond acceptors (Lipinski definition) is 5. The second-order valence-corrected chi connectivity index (χ2v) is 7.60. The molecule has 1 atom stereocenters. The summed E-state index contributed by atoms with van der Waals surface area (Å²) in [6.07, 6.45) is 5.12. The third kappa shape index (κ3) is 4.56. The van der Waals surface area contributed by atoms with Crippen molar-refractivity contribution in [3.63, 3.8) is 0 Å². The number of nitrogens with one attached hydrogen (secondary N) is 1. The van der Waals surface area contributed by atoms with E-state index in [1.807, 2.05) is 6.92 Å². The van der Waals surface area contributed by atoms with Crippen molar-refractivity contribution in [1.82, 2.24) is 20.1 Å². The molecule has 4 aromatic rings. The number of likely N-dealkylation sites (N-methyl/N-ethyl adjacent to an activating group) is 1. The molecule has 0 bridgehead atoms. The van der Waals surface area contributed by atoms with Gasteiger partial charge in [0.15, 0.2) is 0 Å². The molecule has 0 fully saturated rings. The van der Waals surface area contributed by atoms with E-state index in [9.17, 15) is 9.18 Å². The number of halogens is 1. The van der Waals surface area contributed by atoms with Crippen LogP contribution in [0.15, 0.2) is 61.1 Å². The smallest absolute Gasteiger partial charge is 0.254 e. The van der Waals surface area contributed by atoms with E-state index in [4.69, 9.17) is 9.47 Å². The molecule has 0 radical (unpaired) electrons. The molecule has 2 aromatic heterocycles. The lowest BCUT2D eigenvalue weighted by Crippen LogP contribution is -2.34. The van der Waals surface area contributed by atoms with Crippen molar-refractivity contribution < 1.29 is 18.7 Å². The number of pyridine rings is 1. The second-order valence-electron chi connectivity index (χ2n) is 7.60. The van der Waals surface area contributed by atoms with E-state index in [-0.39, 0.29) is 18.3 Å². The molecule has 8 heteroatoms. The molecule has 2 aromatic carbocycles. The molecule has 2 heterocycles. The highest BCUT2D eigenvalue weighted by Crippen LogP contribution is 2.33. The summed E-state index contributed by atoms with van der Waals surface area (Å²) in [7, 11) is 3.31. The summed E-state index contributed by atoms with van der Waals surface area (Å²) >= 11 is 0. The van der Waals surface area contributed by atoms with Gasteiger partial charge in [0.25, 0.3) is 5.91 Å². The van der Waals surface area contributed by atoms with Crippen molar-refractivity contribution in [1.29, 1.82) is 0 Å². The molecule has 0 unspecified atom stereocenters. The number of fused-ring (bicyclic) bond motifs is 1. The van der Waals surface area contributed by atoms with Crippen LogP contribution >= 0.6 is 0 Å². The van der Waals surface area contributed by atoms with Gasteiger partial charge in [0.1, 0.15) is 11.6 Å². The predicted octanol–water partition coefficient (Wildman–Crippen LogP) is 4.62. The number of nitrogens with zero attached hydrogens (tertiary/aromatic N) is 3. The highest BCUT2D eigenvalue weighted by atomic mass is 19.1. The Kier molecular flexibility index (Phi) is 6.65. The highest BCUT2D eigenvalue weighted by molar-refractivity contribution is 5.96. The van der Waals surface area contributed by atoms with Gasteiger partial charge in [-0.1, -0.05) is 12.1 Å². The monoisotopic (exact) mass is 448 g/mol. The van der Waals surface area contributed by atoms with E-state index < -0.39 is 6.04 Å². The minimum atomic E-state index is -0.391. The first-order chi connectivity index (χ1) is 16.0. The van der Waals surface area contributed by atoms with Gasteiger partial charge in [-0.25, -0.2) is 4.39 Å². The van der Waals surface area contributed by atoms with Gasteiger partial charge < -0.3 is 14.4 Å². The summed E-state index contributed by atoms with van der Waals surface area (Å²) in [5.74, 6) is -0.0258. The Labute approximate surface area is 191 Å². The van der Waals surface area contributed by atoms with Gasteiger partial charge in [0, 0.05) is 48.6 Å². The standard InChI is InChI=1S/C25H25FN4O3/c1-4-33-23-11-17(8-9-20(23)16-6-5-7-19(26)10-16)25(31)30(2)22(15-32-3)21-14-27-12-18-13-28-29-24(18)21/h5-14,22H,4,15H2,1-3H3,(H,28,29)/t22-/m1/s1. The Bertz CT molecular complexity index is 1270. The molecule has 1 amide bonds. The number of carbonyl (C=O) groups is 1. The summed E-state index contributed by atoms with van der Waals surface area (Å²) in [6, 6.07) is 11.1. The minimum absolute atomic E-state index is 0.208. The molecule has 0 spiro atoms. The normalized spacial score (nSPS) is 12.0. The van der Waals surface area contributed by atoms with Crippen LogP contribution in [-0.2, 0) is 4.74 Å². The Balaban J connectivity index is 1.69. The maximum absolute atomic E-state index is 13.8. The minimum Gasteiger partial charge on any atom is -0.493 e. The highest BCUT2D eigenvalue weighted by Gasteiger charge is 2.26. The third-order valence-electron chi connectivity index (χ3n) is 5.52. The van der Waals surface area contributed by atoms with Crippen LogP contribution in [0.4, 0.5) is 4.39 Å². The number of aromatic amines is 1. The lowest BCUT2D eigenvalue weighted by molar-refractivity contribution is 0.0603. The molecule has 0 aliphatic carbocycles. The van der Waals surface area contributed by atoms with E-state index in [1.165, 1.54) is 12.1 Å². The fourth-order valence-corrected chi connectivity index (χ4v) is 3.88. The number of rotatable bonds is 8. The average Bonchev–Trinajstić information content (AvgIpc) is 3.31. The van der Waals surface area contributed by atoms with Crippen molar-refractivity contribution in [2.45, 2.75) is 13.0 Å². The molecule has 4 rings (SSSR count). The van der Waals surface area contributed by atoms with Gasteiger partial charge in [-0.15, -0.1) is 0 Å². The van der Waals surface area contributed by atoms with Gasteiger partial charge in [-0.3, -0.25) is 14.9 Å². The number of amides is 1. The molecular weight excluding hydrogens is 423 g/mol. The summed E-state index contributed by atoms with van der Waals surface area (Å²) in [5, 5.41) is 7.93. The van der Waals surface area contributed by atoms with Crippen LogP contribution < -0.4 is 4.74 Å². The molecule has 7 nitrogen and oxygen atoms in total. The fourth-order valence-electron chi connectivity index (χ4n) is 3.88. The first kappa shape index (κ1) is 22.4. The molecule has 0 aliphatic heterocycles. The van der Waals surface area contributed by atoms with Crippen LogP contribution in [0.25, 0.3) is 22.0 Å². The maximum atomic E-state index is 13.8. The molecule has 0 aliphatic rings. The zero-order valence-electron chi connectivity index (χ0n) is 18.7. The summed E-state index contributed by atoms with van der Waals surface area (Å²) in [5.41, 5.74) is 3.47. The maximum Gasteiger partial charge on any atom is 0.254 e. The molecule has 0 saturated heterocycles. The fraction of sp³-hybridized carbons (Fsp3) is 0.240. The second kappa shape index (κ2) is 9.79. The Morgan fingerprint density at radius 2 is 2.03 bits per heavy atom. The van der Waals surface area contributed by atoms with Gasteiger partial charge in [-0.2, -0.15) is 5.10 Å². The molecule has 1 N–H and O–H groups in total. The van der Waals surface area contributed by atoms with Gasteiger partial charge in [-0.05, 0) is 42.8 Å². The predicted molar refractivity (Wildman–Crippen MR) is 124 cm³/mol. The van der Waals surface area contributed by atoms with Crippen molar-refractivity contribution in [3.8, 4) is 16.9 Å². The van der Waals surface area contributed by atoms with Gasteiger partial charge in [0.05, 0.1) is 31.0 Å². The average molecular weight is 448 g/mol. The van der Waals surface area contributed by atoms with Crippen molar-refractivity contribution >= 4 is 16.8 Å². The van der Waals surface area contributed by atoms with Crippen LogP contribution in [0.3, 0.4) is 0 Å². The Morgan fingerprint density at radius 1 is 1.18 bits per heavy atom. The zero-order chi connectivity index (χ0) is 23.4. The van der Waals surface area contributed by atoms with E-state index in [2.05, 4.69) is 15.2 Å². The number of hydrogen-bond donors (Lipinski definition) is 1. The van der Waals surface area contributed by atoms with Crippen LogP contribution in [0, 0.1) is 5.82 Å². The number of ether oxygens (including phenoxy) is 2. The quantitative estimate of drug-likeness (QED) is 0.425. The number of carbonyl (C=O) groups excluding carboxylic acids is 1. The van der Waals surface area contributed by atoms with E-state index in [1.54, 1.807) is 68.0 Å². The summed E-state index contributed by atoms with van der Waals surface area (Å²) in [6.45, 7) is 2.56. The van der Waals surface area contributed by atoms with E-state index >= 15 is 0 Å². The number of H-pyrrole nitrogens is 1. The molecule has 0 saturated carbocycles. The summed E-state index contributed by atoms with van der Waals surface area (Å²) in [4.78, 5) is 19.4. The van der Waals surface area contributed by atoms with Gasteiger partial charge in [0.2, 0.25) is 0 Å². The van der Waals surface area contributed by atoms with Crippen LogP contribution in [0.5, 0.6) is 5.75 Å².